The number of rotatable bonds is 6. The summed E-state index contributed by atoms with van der Waals surface area (Å²) in [6.45, 7) is -0.136. The minimum absolute atomic E-state index is 0.136. The molecule has 0 atom stereocenters. The Hall–Kier alpha value is -3.02. The number of ether oxygens (including phenoxy) is 2. The number of carbonyl (C=O) groups excluding carboxylic acids is 2. The molecule has 120 valence electrons. The highest BCUT2D eigenvalue weighted by Crippen LogP contribution is 2.22. The quantitative estimate of drug-likeness (QED) is 0.856. The van der Waals surface area contributed by atoms with Crippen molar-refractivity contribution in [3.8, 4) is 11.5 Å². The molecule has 0 aromatic heterocycles. The molecule has 2 rings (SSSR count). The zero-order chi connectivity index (χ0) is 16.7. The van der Waals surface area contributed by atoms with Gasteiger partial charge in [-0.25, -0.2) is 0 Å². The Kier molecular flexibility index (Phi) is 5.57. The van der Waals surface area contributed by atoms with Crippen molar-refractivity contribution in [3.63, 3.8) is 0 Å². The van der Waals surface area contributed by atoms with Crippen molar-refractivity contribution in [1.29, 1.82) is 0 Å². The average Bonchev–Trinajstić information content (AvgIpc) is 2.60. The van der Waals surface area contributed by atoms with Crippen molar-refractivity contribution in [3.05, 3.63) is 54.1 Å². The SMILES string of the molecule is COc1ccc(C(=O)NCC(=O)Nc2ccccc2OC)cc1. The number of hydrogen-bond acceptors (Lipinski definition) is 4. The first kappa shape index (κ1) is 16.4. The molecule has 0 aliphatic carbocycles. The van der Waals surface area contributed by atoms with Gasteiger partial charge in [0.05, 0.1) is 26.5 Å². The Labute approximate surface area is 134 Å². The second-order valence-corrected chi connectivity index (χ2v) is 4.66. The Bertz CT molecular complexity index is 683. The van der Waals surface area contributed by atoms with Gasteiger partial charge in [0.2, 0.25) is 5.91 Å². The number of anilines is 1. The fourth-order valence-electron chi connectivity index (χ4n) is 1.95. The van der Waals surface area contributed by atoms with Gasteiger partial charge < -0.3 is 20.1 Å². The van der Waals surface area contributed by atoms with Gasteiger partial charge in [-0.05, 0) is 36.4 Å². The van der Waals surface area contributed by atoms with Crippen LogP contribution in [0, 0.1) is 0 Å². The Morgan fingerprint density at radius 1 is 0.957 bits per heavy atom. The van der Waals surface area contributed by atoms with E-state index >= 15 is 0 Å². The summed E-state index contributed by atoms with van der Waals surface area (Å²) in [5.41, 5.74) is 1.01. The smallest absolute Gasteiger partial charge is 0.251 e. The maximum atomic E-state index is 12.0. The highest BCUT2D eigenvalue weighted by molar-refractivity contribution is 5.99. The summed E-state index contributed by atoms with van der Waals surface area (Å²) in [4.78, 5) is 23.9. The first-order chi connectivity index (χ1) is 11.1. The maximum absolute atomic E-state index is 12.0. The molecule has 2 amide bonds. The van der Waals surface area contributed by atoms with Crippen LogP contribution in [0.4, 0.5) is 5.69 Å². The van der Waals surface area contributed by atoms with Crippen LogP contribution in [-0.2, 0) is 4.79 Å². The van der Waals surface area contributed by atoms with Crippen LogP contribution in [0.15, 0.2) is 48.5 Å². The fraction of sp³-hybridized carbons (Fsp3) is 0.176. The van der Waals surface area contributed by atoms with Crippen LogP contribution in [0.25, 0.3) is 0 Å². The van der Waals surface area contributed by atoms with E-state index in [-0.39, 0.29) is 18.4 Å². The van der Waals surface area contributed by atoms with E-state index in [1.807, 2.05) is 0 Å². The molecule has 23 heavy (non-hydrogen) atoms. The number of para-hydroxylation sites is 2. The monoisotopic (exact) mass is 314 g/mol. The summed E-state index contributed by atoms with van der Waals surface area (Å²) in [5.74, 6) is 0.553. The Morgan fingerprint density at radius 2 is 1.65 bits per heavy atom. The highest BCUT2D eigenvalue weighted by Gasteiger charge is 2.10. The number of carbonyl (C=O) groups is 2. The van der Waals surface area contributed by atoms with Gasteiger partial charge in [-0.15, -0.1) is 0 Å². The average molecular weight is 314 g/mol. The van der Waals surface area contributed by atoms with E-state index in [4.69, 9.17) is 9.47 Å². The molecule has 0 radical (unpaired) electrons. The zero-order valence-corrected chi connectivity index (χ0v) is 13.0. The molecule has 0 aliphatic rings. The molecule has 2 aromatic carbocycles. The third-order valence-corrected chi connectivity index (χ3v) is 3.14. The number of benzene rings is 2. The minimum Gasteiger partial charge on any atom is -0.497 e. The van der Waals surface area contributed by atoms with Crippen LogP contribution in [-0.4, -0.2) is 32.6 Å². The summed E-state index contributed by atoms with van der Waals surface area (Å²) in [6, 6.07) is 13.7. The van der Waals surface area contributed by atoms with Crippen LogP contribution in [0.3, 0.4) is 0 Å². The maximum Gasteiger partial charge on any atom is 0.251 e. The van der Waals surface area contributed by atoms with E-state index in [0.717, 1.165) is 0 Å². The molecule has 2 N–H and O–H groups in total. The molecule has 0 aliphatic heterocycles. The van der Waals surface area contributed by atoms with Gasteiger partial charge in [-0.2, -0.15) is 0 Å². The number of nitrogens with one attached hydrogen (secondary N) is 2. The van der Waals surface area contributed by atoms with E-state index in [1.165, 1.54) is 7.11 Å². The summed E-state index contributed by atoms with van der Waals surface area (Å²) in [5, 5.41) is 5.25. The number of hydrogen-bond donors (Lipinski definition) is 2. The molecule has 0 saturated heterocycles. The van der Waals surface area contributed by atoms with Gasteiger partial charge in [-0.1, -0.05) is 12.1 Å². The second-order valence-electron chi connectivity index (χ2n) is 4.66. The van der Waals surface area contributed by atoms with Crippen LogP contribution < -0.4 is 20.1 Å². The molecule has 0 fully saturated rings. The first-order valence-corrected chi connectivity index (χ1v) is 6.99. The fourth-order valence-corrected chi connectivity index (χ4v) is 1.95. The predicted octanol–water partition coefficient (Wildman–Crippen LogP) is 2.07. The lowest BCUT2D eigenvalue weighted by atomic mass is 10.2. The summed E-state index contributed by atoms with van der Waals surface area (Å²) in [6.07, 6.45) is 0. The molecule has 0 bridgehead atoms. The van der Waals surface area contributed by atoms with Gasteiger partial charge in [-0.3, -0.25) is 9.59 Å². The molecule has 0 unspecified atom stereocenters. The molecule has 2 aromatic rings. The summed E-state index contributed by atoms with van der Waals surface area (Å²) >= 11 is 0. The summed E-state index contributed by atoms with van der Waals surface area (Å²) < 4.78 is 10.2. The van der Waals surface area contributed by atoms with Crippen molar-refractivity contribution in [2.75, 3.05) is 26.1 Å². The largest absolute Gasteiger partial charge is 0.497 e. The molecule has 6 nitrogen and oxygen atoms in total. The lowest BCUT2D eigenvalue weighted by Crippen LogP contribution is -2.32. The second kappa shape index (κ2) is 7.84. The van der Waals surface area contributed by atoms with Crippen molar-refractivity contribution in [2.45, 2.75) is 0 Å². The molecular weight excluding hydrogens is 296 g/mol. The van der Waals surface area contributed by atoms with Crippen LogP contribution in [0.1, 0.15) is 10.4 Å². The zero-order valence-electron chi connectivity index (χ0n) is 13.0. The van der Waals surface area contributed by atoms with Crippen LogP contribution in [0.2, 0.25) is 0 Å². The number of amides is 2. The highest BCUT2D eigenvalue weighted by atomic mass is 16.5. The third-order valence-electron chi connectivity index (χ3n) is 3.14. The van der Waals surface area contributed by atoms with Gasteiger partial charge in [0.25, 0.3) is 5.91 Å². The lowest BCUT2D eigenvalue weighted by molar-refractivity contribution is -0.115. The van der Waals surface area contributed by atoms with Crippen molar-refractivity contribution in [2.24, 2.45) is 0 Å². The standard InChI is InChI=1S/C17H18N2O4/c1-22-13-9-7-12(8-10-13)17(21)18-11-16(20)19-14-5-3-4-6-15(14)23-2/h3-10H,11H2,1-2H3,(H,18,21)(H,19,20). The van der Waals surface area contributed by atoms with Crippen molar-refractivity contribution >= 4 is 17.5 Å². The lowest BCUT2D eigenvalue weighted by Gasteiger charge is -2.10. The van der Waals surface area contributed by atoms with Crippen LogP contribution in [0.5, 0.6) is 11.5 Å². The normalized spacial score (nSPS) is 9.83. The van der Waals surface area contributed by atoms with Crippen molar-refractivity contribution < 1.29 is 19.1 Å². The van der Waals surface area contributed by atoms with Gasteiger partial charge in [0.1, 0.15) is 11.5 Å². The van der Waals surface area contributed by atoms with Crippen LogP contribution >= 0.6 is 0 Å². The van der Waals surface area contributed by atoms with E-state index < -0.39 is 0 Å². The van der Waals surface area contributed by atoms with E-state index in [2.05, 4.69) is 10.6 Å². The van der Waals surface area contributed by atoms with E-state index in [9.17, 15) is 9.59 Å². The molecule has 0 spiro atoms. The molecule has 0 saturated carbocycles. The molecule has 6 heteroatoms. The third kappa shape index (κ3) is 4.47. The van der Waals surface area contributed by atoms with E-state index in [1.54, 1.807) is 55.6 Å². The Balaban J connectivity index is 1.89. The van der Waals surface area contributed by atoms with Crippen molar-refractivity contribution in [1.82, 2.24) is 5.32 Å². The topological polar surface area (TPSA) is 76.7 Å². The van der Waals surface area contributed by atoms with Gasteiger partial charge in [0.15, 0.2) is 0 Å². The minimum atomic E-state index is -0.337. The predicted molar refractivity (Wildman–Crippen MR) is 87.0 cm³/mol. The summed E-state index contributed by atoms with van der Waals surface area (Å²) in [7, 11) is 3.08. The Morgan fingerprint density at radius 3 is 2.30 bits per heavy atom. The van der Waals surface area contributed by atoms with Gasteiger partial charge in [0, 0.05) is 5.56 Å². The molecule has 0 heterocycles. The number of methoxy groups -OCH3 is 2. The first-order valence-electron chi connectivity index (χ1n) is 6.99. The van der Waals surface area contributed by atoms with Gasteiger partial charge >= 0.3 is 0 Å². The molecular formula is C17H18N2O4. The van der Waals surface area contributed by atoms with E-state index in [0.29, 0.717) is 22.7 Å².